The minimum Gasteiger partial charge on any atom is -0.370 e. The Morgan fingerprint density at radius 1 is 1.25 bits per heavy atom. The van der Waals surface area contributed by atoms with Gasteiger partial charge in [-0.3, -0.25) is 0 Å². The molecule has 7 N–H and O–H groups in total. The van der Waals surface area contributed by atoms with Crippen LogP contribution in [-0.2, 0) is 0 Å². The third kappa shape index (κ3) is 2.55. The molecular weight excluding hydrogens is 250 g/mol. The van der Waals surface area contributed by atoms with Gasteiger partial charge in [-0.2, -0.15) is 0 Å². The quantitative estimate of drug-likeness (QED) is 0.643. The highest BCUT2D eigenvalue weighted by Gasteiger charge is 2.43. The number of nitrogens with one attached hydrogen (secondary N) is 1. The first-order valence-electron chi connectivity index (χ1n) is 7.00. The molecule has 1 unspecified atom stereocenters. The molecule has 20 heavy (non-hydrogen) atoms. The summed E-state index contributed by atoms with van der Waals surface area (Å²) in [5.74, 6) is 1.38. The van der Waals surface area contributed by atoms with E-state index in [0.29, 0.717) is 30.8 Å². The van der Waals surface area contributed by atoms with E-state index >= 15 is 0 Å². The fourth-order valence-corrected chi connectivity index (χ4v) is 2.90. The SMILES string of the molecule is NCCC1(N)C=C([C@@H]2C[C@H]2c2ccccc2)NC(N)=N1. The molecule has 0 aromatic heterocycles. The summed E-state index contributed by atoms with van der Waals surface area (Å²) in [5, 5.41) is 3.16. The van der Waals surface area contributed by atoms with Gasteiger partial charge in [0.2, 0.25) is 0 Å². The third-order valence-corrected chi connectivity index (χ3v) is 3.97. The van der Waals surface area contributed by atoms with Crippen LogP contribution in [0.25, 0.3) is 0 Å². The van der Waals surface area contributed by atoms with E-state index in [1.54, 1.807) is 0 Å². The molecule has 1 aromatic rings. The molecule has 0 spiro atoms. The smallest absolute Gasteiger partial charge is 0.195 e. The van der Waals surface area contributed by atoms with Crippen molar-refractivity contribution in [2.75, 3.05) is 6.54 Å². The Labute approximate surface area is 118 Å². The molecule has 0 saturated heterocycles. The zero-order valence-corrected chi connectivity index (χ0v) is 11.4. The van der Waals surface area contributed by atoms with Crippen LogP contribution in [0.1, 0.15) is 24.3 Å². The van der Waals surface area contributed by atoms with Crippen molar-refractivity contribution in [3.05, 3.63) is 47.7 Å². The highest BCUT2D eigenvalue weighted by molar-refractivity contribution is 5.81. The van der Waals surface area contributed by atoms with Crippen molar-refractivity contribution < 1.29 is 0 Å². The maximum atomic E-state index is 6.24. The molecule has 1 fully saturated rings. The van der Waals surface area contributed by atoms with Crippen molar-refractivity contribution in [1.29, 1.82) is 0 Å². The highest BCUT2D eigenvalue weighted by Crippen LogP contribution is 2.51. The summed E-state index contributed by atoms with van der Waals surface area (Å²) in [6.07, 6.45) is 3.71. The van der Waals surface area contributed by atoms with Gasteiger partial charge in [-0.15, -0.1) is 0 Å². The summed E-state index contributed by atoms with van der Waals surface area (Å²) >= 11 is 0. The Morgan fingerprint density at radius 3 is 2.70 bits per heavy atom. The monoisotopic (exact) mass is 271 g/mol. The lowest BCUT2D eigenvalue weighted by Crippen LogP contribution is -2.48. The van der Waals surface area contributed by atoms with E-state index in [9.17, 15) is 0 Å². The van der Waals surface area contributed by atoms with Crippen LogP contribution < -0.4 is 22.5 Å². The summed E-state index contributed by atoms with van der Waals surface area (Å²) < 4.78 is 0. The van der Waals surface area contributed by atoms with Gasteiger partial charge in [0.1, 0.15) is 5.66 Å². The Bertz CT molecular complexity index is 551. The van der Waals surface area contributed by atoms with E-state index in [1.807, 2.05) is 12.1 Å². The van der Waals surface area contributed by atoms with Crippen LogP contribution in [0.5, 0.6) is 0 Å². The number of guanidine groups is 1. The Kier molecular flexibility index (Phi) is 3.23. The predicted molar refractivity (Wildman–Crippen MR) is 80.7 cm³/mol. The van der Waals surface area contributed by atoms with Crippen LogP contribution in [0.3, 0.4) is 0 Å². The summed E-state index contributed by atoms with van der Waals surface area (Å²) in [6, 6.07) is 10.5. The van der Waals surface area contributed by atoms with Crippen molar-refractivity contribution in [1.82, 2.24) is 5.32 Å². The molecule has 1 saturated carbocycles. The van der Waals surface area contributed by atoms with Crippen LogP contribution in [0.2, 0.25) is 0 Å². The lowest BCUT2D eigenvalue weighted by molar-refractivity contribution is 0.497. The lowest BCUT2D eigenvalue weighted by atomic mass is 10.0. The van der Waals surface area contributed by atoms with Crippen molar-refractivity contribution >= 4 is 5.96 Å². The van der Waals surface area contributed by atoms with E-state index in [-0.39, 0.29) is 0 Å². The molecular formula is C15H21N5. The minimum atomic E-state index is -0.761. The topological polar surface area (TPSA) is 102 Å². The summed E-state index contributed by atoms with van der Waals surface area (Å²) in [7, 11) is 0. The average Bonchev–Trinajstić information content (AvgIpc) is 3.19. The molecule has 5 heteroatoms. The fraction of sp³-hybridized carbons (Fsp3) is 0.400. The fourth-order valence-electron chi connectivity index (χ4n) is 2.90. The van der Waals surface area contributed by atoms with E-state index in [1.165, 1.54) is 5.56 Å². The van der Waals surface area contributed by atoms with Gasteiger partial charge in [0.25, 0.3) is 0 Å². The highest BCUT2D eigenvalue weighted by atomic mass is 15.2. The number of hydrogen-bond donors (Lipinski definition) is 4. The summed E-state index contributed by atoms with van der Waals surface area (Å²) in [6.45, 7) is 0.490. The standard InChI is InChI=1S/C15H21N5/c16-7-6-15(18)9-13(19-14(17)20-15)12-8-11(12)10-4-2-1-3-5-10/h1-5,9,11-12H,6-8,16,18H2,(H3,17,19,20)/t11-,12+,15?/m0/s1. The molecule has 0 bridgehead atoms. The molecule has 0 amide bonds. The Balaban J connectivity index is 1.77. The van der Waals surface area contributed by atoms with Gasteiger partial charge < -0.3 is 22.5 Å². The third-order valence-electron chi connectivity index (χ3n) is 3.97. The average molecular weight is 271 g/mol. The summed E-state index contributed by atoms with van der Waals surface area (Å²) in [4.78, 5) is 4.27. The molecule has 0 radical (unpaired) electrons. The van der Waals surface area contributed by atoms with E-state index in [0.717, 1.165) is 12.1 Å². The molecule has 2 aliphatic rings. The second-order valence-corrected chi connectivity index (χ2v) is 5.61. The predicted octanol–water partition coefficient (Wildman–Crippen LogP) is 0.596. The van der Waals surface area contributed by atoms with Crippen molar-refractivity contribution in [3.63, 3.8) is 0 Å². The molecule has 3 atom stereocenters. The van der Waals surface area contributed by atoms with Gasteiger partial charge in [0, 0.05) is 18.0 Å². The number of allylic oxidation sites excluding steroid dienone is 1. The zero-order chi connectivity index (χ0) is 14.2. The second kappa shape index (κ2) is 4.92. The van der Waals surface area contributed by atoms with Crippen LogP contribution in [0, 0.1) is 5.92 Å². The maximum Gasteiger partial charge on any atom is 0.195 e. The van der Waals surface area contributed by atoms with Crippen LogP contribution in [0.15, 0.2) is 47.1 Å². The van der Waals surface area contributed by atoms with E-state index in [2.05, 4.69) is 34.6 Å². The maximum absolute atomic E-state index is 6.24. The first kappa shape index (κ1) is 13.1. The van der Waals surface area contributed by atoms with Crippen molar-refractivity contribution in [2.24, 2.45) is 28.1 Å². The van der Waals surface area contributed by atoms with E-state index in [4.69, 9.17) is 17.2 Å². The number of rotatable bonds is 4. The second-order valence-electron chi connectivity index (χ2n) is 5.61. The van der Waals surface area contributed by atoms with Crippen LogP contribution >= 0.6 is 0 Å². The van der Waals surface area contributed by atoms with Crippen LogP contribution in [-0.4, -0.2) is 18.2 Å². The molecule has 1 heterocycles. The molecule has 1 aliphatic carbocycles. The largest absolute Gasteiger partial charge is 0.370 e. The van der Waals surface area contributed by atoms with Gasteiger partial charge in [0.15, 0.2) is 5.96 Å². The zero-order valence-electron chi connectivity index (χ0n) is 11.4. The minimum absolute atomic E-state index is 0.386. The van der Waals surface area contributed by atoms with Gasteiger partial charge >= 0.3 is 0 Å². The molecule has 3 rings (SSSR count). The molecule has 1 aromatic carbocycles. The van der Waals surface area contributed by atoms with Crippen molar-refractivity contribution in [3.8, 4) is 0 Å². The number of hydrogen-bond acceptors (Lipinski definition) is 5. The van der Waals surface area contributed by atoms with Gasteiger partial charge in [-0.05, 0) is 30.5 Å². The normalized spacial score (nSPS) is 32.1. The van der Waals surface area contributed by atoms with Crippen LogP contribution in [0.4, 0.5) is 0 Å². The summed E-state index contributed by atoms with van der Waals surface area (Å²) in [5.41, 5.74) is 19.4. The van der Waals surface area contributed by atoms with Gasteiger partial charge in [-0.25, -0.2) is 4.99 Å². The Hall–Kier alpha value is -1.85. The number of benzene rings is 1. The molecule has 106 valence electrons. The first-order chi connectivity index (χ1) is 9.61. The number of nitrogens with zero attached hydrogens (tertiary/aromatic N) is 1. The number of nitrogens with two attached hydrogens (primary N) is 3. The molecule has 5 nitrogen and oxygen atoms in total. The Morgan fingerprint density at radius 2 is 2.00 bits per heavy atom. The molecule has 1 aliphatic heterocycles. The number of aliphatic imine (C=N–C) groups is 1. The van der Waals surface area contributed by atoms with E-state index < -0.39 is 5.66 Å². The van der Waals surface area contributed by atoms with Gasteiger partial charge in [-0.1, -0.05) is 30.3 Å². The van der Waals surface area contributed by atoms with Crippen molar-refractivity contribution in [2.45, 2.75) is 24.4 Å². The van der Waals surface area contributed by atoms with Gasteiger partial charge in [0.05, 0.1) is 0 Å². The first-order valence-corrected chi connectivity index (χ1v) is 7.00. The lowest BCUT2D eigenvalue weighted by Gasteiger charge is -2.28.